The Bertz CT molecular complexity index is 634. The first kappa shape index (κ1) is 14.6. The lowest BCUT2D eigenvalue weighted by atomic mass is 10.2. The third kappa shape index (κ3) is 3.20. The molecule has 0 amide bonds. The number of esters is 1. The van der Waals surface area contributed by atoms with Gasteiger partial charge in [-0.1, -0.05) is 5.21 Å². The Labute approximate surface area is 119 Å². The van der Waals surface area contributed by atoms with Crippen molar-refractivity contribution in [3.63, 3.8) is 0 Å². The maximum atomic E-state index is 11.6. The summed E-state index contributed by atoms with van der Waals surface area (Å²) in [7, 11) is 1.26. The molecule has 0 spiro atoms. The van der Waals surface area contributed by atoms with E-state index < -0.39 is 5.97 Å². The lowest BCUT2D eigenvalue weighted by molar-refractivity contribution is 0.0592. The lowest BCUT2D eigenvalue weighted by Gasteiger charge is -2.06. The Hall–Kier alpha value is -2.82. The molecule has 2 aromatic rings. The monoisotopic (exact) mass is 293 g/mol. The number of methoxy groups -OCH3 is 1. The summed E-state index contributed by atoms with van der Waals surface area (Å²) < 4.78 is 6.10. The molecule has 0 saturated heterocycles. The van der Waals surface area contributed by atoms with Crippen LogP contribution in [-0.4, -0.2) is 49.6 Å². The van der Waals surface area contributed by atoms with Gasteiger partial charge in [-0.3, -0.25) is 0 Å². The number of nitrogens with two attached hydrogens (primary N) is 3. The van der Waals surface area contributed by atoms with E-state index in [9.17, 15) is 4.79 Å². The summed E-state index contributed by atoms with van der Waals surface area (Å²) in [5.74, 6) is -0.267. The summed E-state index contributed by atoms with van der Waals surface area (Å²) in [5.41, 5.74) is 17.2. The van der Waals surface area contributed by atoms with E-state index in [1.54, 1.807) is 0 Å². The van der Waals surface area contributed by atoms with Gasteiger partial charge in [0.25, 0.3) is 0 Å². The summed E-state index contributed by atoms with van der Waals surface area (Å²) in [5, 5.41) is 7.68. The fourth-order valence-electron chi connectivity index (χ4n) is 1.76. The number of ether oxygens (including phenoxy) is 1. The van der Waals surface area contributed by atoms with E-state index in [-0.39, 0.29) is 24.1 Å². The topological polar surface area (TPSA) is 174 Å². The number of hydrogen-bond acceptors (Lipinski definition) is 10. The van der Waals surface area contributed by atoms with Crippen LogP contribution in [0.1, 0.15) is 22.0 Å². The van der Waals surface area contributed by atoms with Crippen LogP contribution in [0.2, 0.25) is 0 Å². The first-order chi connectivity index (χ1) is 10.0. The van der Waals surface area contributed by atoms with E-state index in [0.29, 0.717) is 24.5 Å². The van der Waals surface area contributed by atoms with E-state index in [4.69, 9.17) is 17.2 Å². The Balaban J connectivity index is 2.35. The Morgan fingerprint density at radius 3 is 2.48 bits per heavy atom. The Morgan fingerprint density at radius 2 is 1.90 bits per heavy atom. The van der Waals surface area contributed by atoms with Crippen molar-refractivity contribution >= 4 is 17.9 Å². The van der Waals surface area contributed by atoms with Gasteiger partial charge in [0.1, 0.15) is 6.54 Å². The van der Waals surface area contributed by atoms with Crippen LogP contribution in [0.3, 0.4) is 0 Å². The fourth-order valence-corrected chi connectivity index (χ4v) is 1.76. The zero-order valence-electron chi connectivity index (χ0n) is 11.4. The van der Waals surface area contributed by atoms with Gasteiger partial charge in [-0.05, 0) is 6.54 Å². The SMILES string of the molecule is COC(=O)c1nnn(Cc2nc(N)nc(N)n2)c1CCN. The summed E-state index contributed by atoms with van der Waals surface area (Å²) in [4.78, 5) is 23.2. The Morgan fingerprint density at radius 1 is 1.24 bits per heavy atom. The normalized spacial score (nSPS) is 10.6. The largest absolute Gasteiger partial charge is 0.464 e. The molecule has 11 heteroatoms. The Kier molecular flexibility index (Phi) is 4.23. The summed E-state index contributed by atoms with van der Waals surface area (Å²) in [6.45, 7) is 0.453. The fraction of sp³-hybridized carbons (Fsp3) is 0.400. The highest BCUT2D eigenvalue weighted by Crippen LogP contribution is 2.10. The number of anilines is 2. The molecule has 2 aromatic heterocycles. The number of hydrogen-bond donors (Lipinski definition) is 3. The van der Waals surface area contributed by atoms with Gasteiger partial charge < -0.3 is 21.9 Å². The van der Waals surface area contributed by atoms with Gasteiger partial charge in [0.15, 0.2) is 11.5 Å². The van der Waals surface area contributed by atoms with E-state index in [2.05, 4.69) is 30.0 Å². The average molecular weight is 293 g/mol. The molecule has 11 nitrogen and oxygen atoms in total. The molecule has 0 bridgehead atoms. The van der Waals surface area contributed by atoms with E-state index in [1.807, 2.05) is 0 Å². The molecule has 0 aliphatic carbocycles. The molecule has 0 fully saturated rings. The molecule has 112 valence electrons. The second kappa shape index (κ2) is 6.09. The minimum Gasteiger partial charge on any atom is -0.464 e. The first-order valence-electron chi connectivity index (χ1n) is 6.01. The number of rotatable bonds is 5. The maximum Gasteiger partial charge on any atom is 0.360 e. The smallest absolute Gasteiger partial charge is 0.360 e. The van der Waals surface area contributed by atoms with E-state index in [0.717, 1.165) is 0 Å². The molecule has 2 heterocycles. The highest BCUT2D eigenvalue weighted by atomic mass is 16.5. The standard InChI is InChI=1S/C10H15N9O2/c1-21-8(20)7-5(2-3-11)19(18-17-7)4-6-14-9(12)16-10(13)15-6/h2-4,11H2,1H3,(H4,12,13,14,15,16). The maximum absolute atomic E-state index is 11.6. The minimum absolute atomic E-state index is 0.00572. The predicted octanol–water partition coefficient (Wildman–Crippen LogP) is -2.04. The number of carbonyl (C=O) groups is 1. The van der Waals surface area contributed by atoms with Crippen LogP contribution >= 0.6 is 0 Å². The molecule has 0 saturated carbocycles. The molecule has 0 radical (unpaired) electrons. The van der Waals surface area contributed by atoms with Crippen molar-refractivity contribution in [2.24, 2.45) is 5.73 Å². The molecule has 0 aliphatic rings. The van der Waals surface area contributed by atoms with Gasteiger partial charge in [0.05, 0.1) is 12.8 Å². The van der Waals surface area contributed by atoms with E-state index in [1.165, 1.54) is 11.8 Å². The van der Waals surface area contributed by atoms with Crippen LogP contribution in [0.5, 0.6) is 0 Å². The quantitative estimate of drug-likeness (QED) is 0.521. The van der Waals surface area contributed by atoms with Crippen LogP contribution in [0.15, 0.2) is 0 Å². The van der Waals surface area contributed by atoms with Gasteiger partial charge in [-0.2, -0.15) is 15.0 Å². The van der Waals surface area contributed by atoms with Gasteiger partial charge in [0.2, 0.25) is 11.9 Å². The number of nitrogens with zero attached hydrogens (tertiary/aromatic N) is 6. The third-order valence-electron chi connectivity index (χ3n) is 2.60. The predicted molar refractivity (Wildman–Crippen MR) is 71.9 cm³/mol. The average Bonchev–Trinajstić information content (AvgIpc) is 2.80. The van der Waals surface area contributed by atoms with Crippen molar-refractivity contribution in [1.29, 1.82) is 0 Å². The second-order valence-corrected chi connectivity index (χ2v) is 4.04. The van der Waals surface area contributed by atoms with Gasteiger partial charge >= 0.3 is 5.97 Å². The molecule has 0 aromatic carbocycles. The third-order valence-corrected chi connectivity index (χ3v) is 2.60. The number of carbonyl (C=O) groups excluding carboxylic acids is 1. The van der Waals surface area contributed by atoms with Crippen molar-refractivity contribution in [3.05, 3.63) is 17.2 Å². The zero-order valence-corrected chi connectivity index (χ0v) is 11.4. The van der Waals surface area contributed by atoms with Crippen molar-refractivity contribution < 1.29 is 9.53 Å². The van der Waals surface area contributed by atoms with Crippen LogP contribution in [0.4, 0.5) is 11.9 Å². The van der Waals surface area contributed by atoms with Crippen LogP contribution < -0.4 is 17.2 Å². The van der Waals surface area contributed by atoms with Crippen molar-refractivity contribution in [1.82, 2.24) is 29.9 Å². The molecule has 2 rings (SSSR count). The number of aromatic nitrogens is 6. The first-order valence-corrected chi connectivity index (χ1v) is 6.01. The van der Waals surface area contributed by atoms with Crippen LogP contribution in [-0.2, 0) is 17.7 Å². The van der Waals surface area contributed by atoms with Crippen molar-refractivity contribution in [3.8, 4) is 0 Å². The summed E-state index contributed by atoms with van der Waals surface area (Å²) >= 11 is 0. The van der Waals surface area contributed by atoms with E-state index >= 15 is 0 Å². The molecule has 0 aliphatic heterocycles. The summed E-state index contributed by atoms with van der Waals surface area (Å²) in [6, 6.07) is 0. The van der Waals surface area contributed by atoms with Crippen LogP contribution in [0, 0.1) is 0 Å². The molecular weight excluding hydrogens is 278 g/mol. The van der Waals surface area contributed by atoms with Crippen molar-refractivity contribution in [2.45, 2.75) is 13.0 Å². The molecular formula is C10H15N9O2. The molecule has 0 atom stereocenters. The van der Waals surface area contributed by atoms with Gasteiger partial charge in [-0.25, -0.2) is 9.48 Å². The molecule has 6 N–H and O–H groups in total. The van der Waals surface area contributed by atoms with Gasteiger partial charge in [-0.15, -0.1) is 5.10 Å². The van der Waals surface area contributed by atoms with Crippen molar-refractivity contribution in [2.75, 3.05) is 25.1 Å². The van der Waals surface area contributed by atoms with Gasteiger partial charge in [0, 0.05) is 6.42 Å². The molecule has 21 heavy (non-hydrogen) atoms. The highest BCUT2D eigenvalue weighted by Gasteiger charge is 2.20. The second-order valence-electron chi connectivity index (χ2n) is 4.04. The minimum atomic E-state index is -0.584. The highest BCUT2D eigenvalue weighted by molar-refractivity contribution is 5.88. The lowest BCUT2D eigenvalue weighted by Crippen LogP contribution is -2.16. The molecule has 0 unspecified atom stereocenters. The summed E-state index contributed by atoms with van der Waals surface area (Å²) in [6.07, 6.45) is 0.396. The van der Waals surface area contributed by atoms with Crippen LogP contribution in [0.25, 0.3) is 0 Å². The number of nitrogen functional groups attached to an aromatic ring is 2. The zero-order chi connectivity index (χ0) is 15.4.